The summed E-state index contributed by atoms with van der Waals surface area (Å²) >= 11 is 0. The fourth-order valence-corrected chi connectivity index (χ4v) is 1.66. The van der Waals surface area contributed by atoms with Gasteiger partial charge < -0.3 is 26.2 Å². The second-order valence-electron chi connectivity index (χ2n) is 4.21. The van der Waals surface area contributed by atoms with Crippen LogP contribution in [-0.2, 0) is 4.74 Å². The van der Waals surface area contributed by atoms with Crippen LogP contribution in [0.1, 0.15) is 16.8 Å². The summed E-state index contributed by atoms with van der Waals surface area (Å²) < 4.78 is 4.84. The highest BCUT2D eigenvalue weighted by molar-refractivity contribution is 5.95. The number of benzene rings is 1. The third-order valence-electron chi connectivity index (χ3n) is 2.69. The first-order valence-corrected chi connectivity index (χ1v) is 6.11. The third kappa shape index (κ3) is 4.76. The van der Waals surface area contributed by atoms with E-state index >= 15 is 0 Å². The van der Waals surface area contributed by atoms with Gasteiger partial charge in [-0.1, -0.05) is 0 Å². The Balaban J connectivity index is 2.53. The number of ether oxygens (including phenoxy) is 1. The zero-order valence-electron chi connectivity index (χ0n) is 11.3. The highest BCUT2D eigenvalue weighted by Crippen LogP contribution is 2.19. The van der Waals surface area contributed by atoms with Gasteiger partial charge in [-0.25, -0.2) is 0 Å². The van der Waals surface area contributed by atoms with Gasteiger partial charge in [-0.15, -0.1) is 0 Å². The Bertz CT molecular complexity index is 424. The van der Waals surface area contributed by atoms with E-state index in [4.69, 9.17) is 10.5 Å². The molecular formula is C13H21N3O3. The van der Waals surface area contributed by atoms with Crippen molar-refractivity contribution in [2.45, 2.75) is 12.5 Å². The number of hydrogen-bond acceptors (Lipinski definition) is 5. The molecule has 106 valence electrons. The van der Waals surface area contributed by atoms with Crippen LogP contribution in [0, 0.1) is 0 Å². The van der Waals surface area contributed by atoms with E-state index in [1.54, 1.807) is 32.4 Å². The second-order valence-corrected chi connectivity index (χ2v) is 4.21. The van der Waals surface area contributed by atoms with Crippen molar-refractivity contribution < 1.29 is 14.6 Å². The van der Waals surface area contributed by atoms with Crippen molar-refractivity contribution in [2.75, 3.05) is 38.4 Å². The molecule has 6 heteroatoms. The van der Waals surface area contributed by atoms with Crippen LogP contribution >= 0.6 is 0 Å². The number of rotatable bonds is 7. The van der Waals surface area contributed by atoms with Crippen LogP contribution in [0.15, 0.2) is 18.2 Å². The average molecular weight is 267 g/mol. The van der Waals surface area contributed by atoms with Crippen molar-refractivity contribution in [1.82, 2.24) is 5.32 Å². The van der Waals surface area contributed by atoms with Gasteiger partial charge in [0.05, 0.1) is 24.1 Å². The lowest BCUT2D eigenvalue weighted by atomic mass is 10.1. The Kier molecular flexibility index (Phi) is 6.11. The maximum atomic E-state index is 11.4. The van der Waals surface area contributed by atoms with Crippen LogP contribution < -0.4 is 16.4 Å². The maximum Gasteiger partial charge on any atom is 0.251 e. The van der Waals surface area contributed by atoms with Gasteiger partial charge in [0.2, 0.25) is 0 Å². The maximum absolute atomic E-state index is 11.4. The Labute approximate surface area is 112 Å². The zero-order chi connectivity index (χ0) is 14.3. The number of nitrogen functional groups attached to an aromatic ring is 1. The Morgan fingerprint density at radius 3 is 2.84 bits per heavy atom. The van der Waals surface area contributed by atoms with Crippen LogP contribution in [0.4, 0.5) is 11.4 Å². The summed E-state index contributed by atoms with van der Waals surface area (Å²) in [5, 5.41) is 15.1. The molecule has 1 atom stereocenters. The van der Waals surface area contributed by atoms with Crippen molar-refractivity contribution in [3.63, 3.8) is 0 Å². The van der Waals surface area contributed by atoms with E-state index in [2.05, 4.69) is 10.6 Å². The molecule has 0 heterocycles. The van der Waals surface area contributed by atoms with Gasteiger partial charge in [0.25, 0.3) is 5.91 Å². The van der Waals surface area contributed by atoms with E-state index in [9.17, 15) is 9.90 Å². The topological polar surface area (TPSA) is 96.6 Å². The number of carbonyl (C=O) groups excluding carboxylic acids is 1. The predicted molar refractivity (Wildman–Crippen MR) is 75.2 cm³/mol. The molecule has 0 radical (unpaired) electrons. The number of aliphatic hydroxyl groups excluding tert-OH is 1. The molecule has 0 aromatic heterocycles. The molecule has 0 spiro atoms. The van der Waals surface area contributed by atoms with Crippen molar-refractivity contribution in [1.29, 1.82) is 0 Å². The summed E-state index contributed by atoms with van der Waals surface area (Å²) in [6, 6.07) is 5.07. The van der Waals surface area contributed by atoms with Gasteiger partial charge in [0.15, 0.2) is 0 Å². The summed E-state index contributed by atoms with van der Waals surface area (Å²) in [6.45, 7) is 0.890. The Morgan fingerprint density at radius 2 is 2.26 bits per heavy atom. The monoisotopic (exact) mass is 267 g/mol. The lowest BCUT2D eigenvalue weighted by Gasteiger charge is -2.13. The molecule has 0 bridgehead atoms. The molecule has 5 N–H and O–H groups in total. The van der Waals surface area contributed by atoms with Gasteiger partial charge >= 0.3 is 0 Å². The van der Waals surface area contributed by atoms with Crippen LogP contribution in [0.2, 0.25) is 0 Å². The molecule has 6 nitrogen and oxygen atoms in total. The van der Waals surface area contributed by atoms with Gasteiger partial charge in [-0.05, 0) is 24.6 Å². The Morgan fingerprint density at radius 1 is 1.53 bits per heavy atom. The molecule has 1 amide bonds. The van der Waals surface area contributed by atoms with Crippen molar-refractivity contribution in [3.05, 3.63) is 23.8 Å². The number of nitrogens with one attached hydrogen (secondary N) is 2. The molecule has 19 heavy (non-hydrogen) atoms. The van der Waals surface area contributed by atoms with E-state index in [-0.39, 0.29) is 5.91 Å². The second kappa shape index (κ2) is 7.60. The number of amides is 1. The summed E-state index contributed by atoms with van der Waals surface area (Å²) in [5.41, 5.74) is 7.63. The van der Waals surface area contributed by atoms with Gasteiger partial charge in [-0.2, -0.15) is 0 Å². The molecule has 0 fully saturated rings. The predicted octanol–water partition coefficient (Wildman–Crippen LogP) is 0.438. The average Bonchev–Trinajstić information content (AvgIpc) is 2.40. The fourth-order valence-electron chi connectivity index (χ4n) is 1.66. The van der Waals surface area contributed by atoms with Crippen LogP contribution in [-0.4, -0.2) is 44.4 Å². The van der Waals surface area contributed by atoms with E-state index < -0.39 is 6.10 Å². The Hall–Kier alpha value is -1.79. The third-order valence-corrected chi connectivity index (χ3v) is 2.69. The molecular weight excluding hydrogens is 246 g/mol. The van der Waals surface area contributed by atoms with Crippen LogP contribution in [0.25, 0.3) is 0 Å². The first-order chi connectivity index (χ1) is 9.08. The number of anilines is 2. The SMILES string of the molecule is CNC(=O)c1ccc(NCCC(O)COC)c(N)c1. The molecule has 0 saturated carbocycles. The number of aliphatic hydroxyl groups is 1. The van der Waals surface area contributed by atoms with Gasteiger partial charge in [0, 0.05) is 26.3 Å². The van der Waals surface area contributed by atoms with E-state index in [0.717, 1.165) is 5.69 Å². The minimum absolute atomic E-state index is 0.172. The van der Waals surface area contributed by atoms with Crippen molar-refractivity contribution >= 4 is 17.3 Å². The van der Waals surface area contributed by atoms with Crippen LogP contribution in [0.3, 0.4) is 0 Å². The molecule has 1 aromatic carbocycles. The molecule has 1 unspecified atom stereocenters. The highest BCUT2D eigenvalue weighted by Gasteiger charge is 2.07. The molecule has 0 aliphatic rings. The minimum atomic E-state index is -0.496. The van der Waals surface area contributed by atoms with E-state index in [1.807, 2.05) is 0 Å². The summed E-state index contributed by atoms with van der Waals surface area (Å²) in [4.78, 5) is 11.4. The minimum Gasteiger partial charge on any atom is -0.397 e. The number of methoxy groups -OCH3 is 1. The zero-order valence-corrected chi connectivity index (χ0v) is 11.3. The standard InChI is InChI=1S/C13H21N3O3/c1-15-13(18)9-3-4-12(11(14)7-9)16-6-5-10(17)8-19-2/h3-4,7,10,16-17H,5-6,8,14H2,1-2H3,(H,15,18). The van der Waals surface area contributed by atoms with Crippen molar-refractivity contribution in [3.8, 4) is 0 Å². The van der Waals surface area contributed by atoms with Gasteiger partial charge in [-0.3, -0.25) is 4.79 Å². The summed E-state index contributed by atoms with van der Waals surface area (Å²) in [7, 11) is 3.12. The fraction of sp³-hybridized carbons (Fsp3) is 0.462. The summed E-state index contributed by atoms with van der Waals surface area (Å²) in [5.74, 6) is -0.172. The molecule has 0 aliphatic carbocycles. The van der Waals surface area contributed by atoms with Gasteiger partial charge in [0.1, 0.15) is 0 Å². The largest absolute Gasteiger partial charge is 0.397 e. The van der Waals surface area contributed by atoms with Crippen LogP contribution in [0.5, 0.6) is 0 Å². The normalized spacial score (nSPS) is 11.9. The highest BCUT2D eigenvalue weighted by atomic mass is 16.5. The lowest BCUT2D eigenvalue weighted by Crippen LogP contribution is -2.19. The quantitative estimate of drug-likeness (QED) is 0.537. The van der Waals surface area contributed by atoms with Crippen molar-refractivity contribution in [2.24, 2.45) is 0 Å². The van der Waals surface area contributed by atoms with E-state index in [0.29, 0.717) is 30.8 Å². The first kappa shape index (κ1) is 15.3. The lowest BCUT2D eigenvalue weighted by molar-refractivity contribution is 0.0615. The van der Waals surface area contributed by atoms with E-state index in [1.165, 1.54) is 0 Å². The number of carbonyl (C=O) groups is 1. The first-order valence-electron chi connectivity index (χ1n) is 6.11. The molecule has 1 aromatic rings. The number of hydrogen-bond donors (Lipinski definition) is 4. The molecule has 1 rings (SSSR count). The molecule has 0 saturated heterocycles. The smallest absolute Gasteiger partial charge is 0.251 e. The molecule has 0 aliphatic heterocycles. The number of nitrogens with two attached hydrogens (primary N) is 1. The summed E-state index contributed by atoms with van der Waals surface area (Å²) in [6.07, 6.45) is 0.0636.